The summed E-state index contributed by atoms with van der Waals surface area (Å²) >= 11 is 5.92. The van der Waals surface area contributed by atoms with Crippen LogP contribution >= 0.6 is 11.6 Å². The van der Waals surface area contributed by atoms with E-state index in [1.807, 2.05) is 44.2 Å². The van der Waals surface area contributed by atoms with E-state index in [1.54, 1.807) is 18.5 Å². The number of aromatic amines is 1. The van der Waals surface area contributed by atoms with Crippen LogP contribution in [0.4, 0.5) is 5.82 Å². The summed E-state index contributed by atoms with van der Waals surface area (Å²) in [5.74, 6) is 1.12. The van der Waals surface area contributed by atoms with Crippen LogP contribution in [0.2, 0.25) is 0 Å². The highest BCUT2D eigenvalue weighted by molar-refractivity contribution is 6.17. The molecule has 0 aliphatic carbocycles. The summed E-state index contributed by atoms with van der Waals surface area (Å²) in [7, 11) is 0. The smallest absolute Gasteiger partial charge is 0.251 e. The number of hydrogen-bond donors (Lipinski definition) is 2. The molecule has 7 nitrogen and oxygen atoms in total. The molecule has 3 heterocycles. The number of benzene rings is 1. The third kappa shape index (κ3) is 3.84. The summed E-state index contributed by atoms with van der Waals surface area (Å²) in [5.41, 5.74) is 10.8. The van der Waals surface area contributed by atoms with Crippen molar-refractivity contribution in [1.29, 1.82) is 0 Å². The van der Waals surface area contributed by atoms with Gasteiger partial charge in [0, 0.05) is 34.8 Å². The summed E-state index contributed by atoms with van der Waals surface area (Å²) in [5, 5.41) is 4.14. The number of nitrogens with zero attached hydrogens (tertiary/aromatic N) is 3. The van der Waals surface area contributed by atoms with E-state index in [4.69, 9.17) is 21.9 Å². The van der Waals surface area contributed by atoms with Gasteiger partial charge < -0.3 is 15.2 Å². The molecule has 3 aromatic heterocycles. The molecule has 4 aromatic rings. The van der Waals surface area contributed by atoms with Gasteiger partial charge in [-0.3, -0.25) is 4.79 Å². The Balaban J connectivity index is 1.74. The molecule has 3 N–H and O–H groups in total. The molecule has 0 saturated heterocycles. The number of anilines is 1. The van der Waals surface area contributed by atoms with E-state index in [2.05, 4.69) is 20.1 Å². The zero-order chi connectivity index (χ0) is 21.3. The third-order valence-electron chi connectivity index (χ3n) is 4.77. The minimum atomic E-state index is -0.114. The average Bonchev–Trinajstić information content (AvgIpc) is 3.24. The maximum atomic E-state index is 12.0. The van der Waals surface area contributed by atoms with Crippen LogP contribution in [0.15, 0.2) is 58.1 Å². The minimum absolute atomic E-state index is 0.0792. The first-order valence-electron chi connectivity index (χ1n) is 9.44. The van der Waals surface area contributed by atoms with Gasteiger partial charge in [-0.2, -0.15) is 0 Å². The molecule has 0 bridgehead atoms. The van der Waals surface area contributed by atoms with Crippen LogP contribution in [0.3, 0.4) is 0 Å². The minimum Gasteiger partial charge on any atom is -0.382 e. The van der Waals surface area contributed by atoms with E-state index in [-0.39, 0.29) is 17.3 Å². The largest absolute Gasteiger partial charge is 0.382 e. The average molecular weight is 422 g/mol. The second-order valence-electron chi connectivity index (χ2n) is 7.23. The summed E-state index contributed by atoms with van der Waals surface area (Å²) in [6.07, 6.45) is 3.18. The molecule has 1 aromatic carbocycles. The van der Waals surface area contributed by atoms with Crippen molar-refractivity contribution in [1.82, 2.24) is 20.1 Å². The number of hydrogen-bond acceptors (Lipinski definition) is 6. The normalized spacial score (nSPS) is 11.2. The molecule has 8 heteroatoms. The SMILES string of the molecule is CC(C)c1cc(-c2cnc(N)c(-c3cc(-c4cccc(CCl)c4)no3)n2)c[nH]c1=O. The predicted molar refractivity (Wildman–Crippen MR) is 117 cm³/mol. The van der Waals surface area contributed by atoms with Crippen molar-refractivity contribution in [3.05, 3.63) is 70.3 Å². The van der Waals surface area contributed by atoms with E-state index in [0.717, 1.165) is 16.7 Å². The molecule has 4 rings (SSSR count). The topological polar surface area (TPSA) is 111 Å². The number of aromatic nitrogens is 4. The van der Waals surface area contributed by atoms with Crippen molar-refractivity contribution in [2.45, 2.75) is 25.6 Å². The molecule has 30 heavy (non-hydrogen) atoms. The van der Waals surface area contributed by atoms with Crippen LogP contribution in [0.5, 0.6) is 0 Å². The molecule has 0 aliphatic heterocycles. The summed E-state index contributed by atoms with van der Waals surface area (Å²) < 4.78 is 5.51. The zero-order valence-electron chi connectivity index (χ0n) is 16.5. The Bertz CT molecular complexity index is 1260. The number of rotatable bonds is 5. The maximum absolute atomic E-state index is 12.0. The molecule has 0 radical (unpaired) electrons. The summed E-state index contributed by atoms with van der Waals surface area (Å²) in [4.78, 5) is 23.7. The van der Waals surface area contributed by atoms with E-state index in [1.165, 1.54) is 0 Å². The number of H-pyrrole nitrogens is 1. The Morgan fingerprint density at radius 3 is 2.77 bits per heavy atom. The number of pyridine rings is 1. The first-order chi connectivity index (χ1) is 14.5. The molecule has 152 valence electrons. The van der Waals surface area contributed by atoms with E-state index in [0.29, 0.717) is 34.3 Å². The first kappa shape index (κ1) is 19.8. The van der Waals surface area contributed by atoms with E-state index in [9.17, 15) is 4.79 Å². The molecule has 0 amide bonds. The van der Waals surface area contributed by atoms with Crippen LogP contribution in [0.25, 0.3) is 34.0 Å². The van der Waals surface area contributed by atoms with Crippen molar-refractivity contribution in [2.24, 2.45) is 0 Å². The van der Waals surface area contributed by atoms with Crippen molar-refractivity contribution in [3.8, 4) is 34.0 Å². The van der Waals surface area contributed by atoms with Gasteiger partial charge in [0.25, 0.3) is 5.56 Å². The molecule has 0 fully saturated rings. The molecule has 0 spiro atoms. The van der Waals surface area contributed by atoms with Crippen LogP contribution in [0, 0.1) is 0 Å². The fourth-order valence-corrected chi connectivity index (χ4v) is 3.30. The first-order valence-corrected chi connectivity index (χ1v) is 9.97. The summed E-state index contributed by atoms with van der Waals surface area (Å²) in [6, 6.07) is 11.3. The lowest BCUT2D eigenvalue weighted by atomic mass is 10.0. The van der Waals surface area contributed by atoms with Crippen molar-refractivity contribution in [2.75, 3.05) is 5.73 Å². The van der Waals surface area contributed by atoms with Gasteiger partial charge in [0.1, 0.15) is 5.69 Å². The van der Waals surface area contributed by atoms with Crippen molar-refractivity contribution >= 4 is 17.4 Å². The second-order valence-corrected chi connectivity index (χ2v) is 7.49. The van der Waals surface area contributed by atoms with Gasteiger partial charge in [0.15, 0.2) is 17.3 Å². The molecule has 0 unspecified atom stereocenters. The Morgan fingerprint density at radius 1 is 1.17 bits per heavy atom. The monoisotopic (exact) mass is 421 g/mol. The Hall–Kier alpha value is -3.45. The van der Waals surface area contributed by atoms with Crippen molar-refractivity contribution < 1.29 is 4.52 Å². The van der Waals surface area contributed by atoms with Gasteiger partial charge in [-0.1, -0.05) is 37.2 Å². The Morgan fingerprint density at radius 2 is 2.00 bits per heavy atom. The number of nitrogens with one attached hydrogen (secondary N) is 1. The van der Waals surface area contributed by atoms with Gasteiger partial charge >= 0.3 is 0 Å². The summed E-state index contributed by atoms with van der Waals surface area (Å²) in [6.45, 7) is 3.92. The van der Waals surface area contributed by atoms with Crippen LogP contribution in [-0.4, -0.2) is 20.1 Å². The van der Waals surface area contributed by atoms with Gasteiger partial charge in [-0.25, -0.2) is 9.97 Å². The lowest BCUT2D eigenvalue weighted by Gasteiger charge is -2.08. The fourth-order valence-electron chi connectivity index (χ4n) is 3.13. The highest BCUT2D eigenvalue weighted by atomic mass is 35.5. The maximum Gasteiger partial charge on any atom is 0.251 e. The number of halogens is 1. The van der Waals surface area contributed by atoms with Crippen LogP contribution in [-0.2, 0) is 5.88 Å². The van der Waals surface area contributed by atoms with Crippen molar-refractivity contribution in [3.63, 3.8) is 0 Å². The molecule has 0 atom stereocenters. The molecular weight excluding hydrogens is 402 g/mol. The zero-order valence-corrected chi connectivity index (χ0v) is 17.3. The number of nitrogens with two attached hydrogens (primary N) is 1. The number of alkyl halides is 1. The molecular formula is C22H20ClN5O2. The third-order valence-corrected chi connectivity index (χ3v) is 5.08. The van der Waals surface area contributed by atoms with Gasteiger partial charge in [-0.15, -0.1) is 11.6 Å². The number of nitrogen functional groups attached to an aromatic ring is 1. The highest BCUT2D eigenvalue weighted by Gasteiger charge is 2.16. The van der Waals surface area contributed by atoms with Gasteiger partial charge in [0.05, 0.1) is 11.9 Å². The van der Waals surface area contributed by atoms with Crippen LogP contribution in [0.1, 0.15) is 30.9 Å². The lowest BCUT2D eigenvalue weighted by Crippen LogP contribution is -2.13. The van der Waals surface area contributed by atoms with Gasteiger partial charge in [0.2, 0.25) is 0 Å². The molecule has 0 aliphatic rings. The predicted octanol–water partition coefficient (Wildman–Crippen LogP) is 4.60. The highest BCUT2D eigenvalue weighted by Crippen LogP contribution is 2.30. The standard InChI is InChI=1S/C22H20ClN5O2/c1-12(2)16-7-15(10-26-22(16)29)18-11-25-21(24)20(27-18)19-8-17(28-30-19)14-5-3-4-13(6-14)9-23/h3-8,10-12H,9H2,1-2H3,(H2,24,25)(H,26,29). The quantitative estimate of drug-likeness (QED) is 0.455. The lowest BCUT2D eigenvalue weighted by molar-refractivity contribution is 0.434. The molecule has 0 saturated carbocycles. The Kier molecular flexibility index (Phi) is 5.37. The van der Waals surface area contributed by atoms with E-state index >= 15 is 0 Å². The second kappa shape index (κ2) is 8.12. The fraction of sp³-hybridized carbons (Fsp3) is 0.182. The van der Waals surface area contributed by atoms with E-state index < -0.39 is 0 Å². The Labute approximate surface area is 177 Å². The van der Waals surface area contributed by atoms with Gasteiger partial charge in [-0.05, 0) is 23.6 Å². The van der Waals surface area contributed by atoms with Crippen LogP contribution < -0.4 is 11.3 Å².